The summed E-state index contributed by atoms with van der Waals surface area (Å²) in [6.45, 7) is 14.9. The Balaban J connectivity index is 5.80. The minimum Gasteiger partial charge on any atom is -0.121 e. The van der Waals surface area contributed by atoms with Crippen molar-refractivity contribution in [2.75, 3.05) is 0 Å². The molecule has 0 atom stereocenters. The molecule has 8 heteroatoms. The second-order valence-corrected chi connectivity index (χ2v) is 80.0. The summed E-state index contributed by atoms with van der Waals surface area (Å²) in [4.78, 5) is 0. The Morgan fingerprint density at radius 1 is 0.529 bits per heavy atom. The molecule has 0 heterocycles. The third kappa shape index (κ3) is 4.19. The molecular formula is C9H21I5Si3. The van der Waals surface area contributed by atoms with Gasteiger partial charge in [0, 0.05) is 0 Å². The van der Waals surface area contributed by atoms with Gasteiger partial charge in [0.2, 0.25) is 0 Å². The zero-order valence-electron chi connectivity index (χ0n) is 11.1. The molecule has 0 aliphatic rings. The highest BCUT2D eigenvalue weighted by Gasteiger charge is 2.67. The number of rotatable bonds is 5. The first kappa shape index (κ1) is 21.3. The summed E-state index contributed by atoms with van der Waals surface area (Å²) in [5.41, 5.74) is 2.70. The van der Waals surface area contributed by atoms with Gasteiger partial charge in [0.05, 0.1) is 0 Å². The molecule has 0 amide bonds. The molecule has 0 rings (SSSR count). The lowest BCUT2D eigenvalue weighted by atomic mass is 10.6. The van der Waals surface area contributed by atoms with E-state index in [1.807, 2.05) is 0 Å². The van der Waals surface area contributed by atoms with E-state index in [2.05, 4.69) is 151 Å². The molecule has 0 aliphatic carbocycles. The number of hydrogen-bond donors (Lipinski definition) is 0. The van der Waals surface area contributed by atoms with Crippen molar-refractivity contribution in [1.29, 1.82) is 0 Å². The summed E-state index contributed by atoms with van der Waals surface area (Å²) in [6, 6.07) is 0. The quantitative estimate of drug-likeness (QED) is 0.154. The van der Waals surface area contributed by atoms with Crippen molar-refractivity contribution in [2.45, 2.75) is 58.2 Å². The monoisotopic (exact) mass is 848 g/mol. The van der Waals surface area contributed by atoms with Crippen molar-refractivity contribution < 1.29 is 0 Å². The first-order chi connectivity index (χ1) is 7.33. The third-order valence-corrected chi connectivity index (χ3v) is 150. The molecule has 0 nitrogen and oxygen atoms in total. The Kier molecular flexibility index (Phi) is 9.67. The van der Waals surface area contributed by atoms with Crippen LogP contribution in [0.4, 0.5) is 0 Å². The molecule has 0 aromatic heterocycles. The van der Waals surface area contributed by atoms with Gasteiger partial charge in [-0.1, -0.05) is 41.5 Å². The number of halogens is 5. The van der Waals surface area contributed by atoms with E-state index >= 15 is 0 Å². The van der Waals surface area contributed by atoms with Crippen molar-refractivity contribution in [3.05, 3.63) is 0 Å². The topological polar surface area (TPSA) is 0 Å². The van der Waals surface area contributed by atoms with Crippen molar-refractivity contribution in [3.63, 3.8) is 0 Å². The maximum Gasteiger partial charge on any atom is 0.195 e. The summed E-state index contributed by atoms with van der Waals surface area (Å²) in [6.07, 6.45) is 0. The average Bonchev–Trinajstić information content (AvgIpc) is 2.14. The fourth-order valence-electron chi connectivity index (χ4n) is 1.83. The molecule has 0 aliphatic heterocycles. The van der Waals surface area contributed by atoms with Gasteiger partial charge in [0.15, 0.2) is 9.77 Å². The maximum absolute atomic E-state index is 3.01. The van der Waals surface area contributed by atoms with Crippen LogP contribution in [0.15, 0.2) is 0 Å². The van der Waals surface area contributed by atoms with Crippen LogP contribution in [0.3, 0.4) is 0 Å². The van der Waals surface area contributed by atoms with Crippen LogP contribution in [-0.4, -0.2) is 9.77 Å². The van der Waals surface area contributed by atoms with Crippen LogP contribution in [0, 0.1) is 0 Å². The standard InChI is InChI=1S/C9H21I5Si3/c1-7(2)15(10,11)17(14,9(5)6)16(12,13)8(3)4/h7-9H,1-6H3. The Bertz CT molecular complexity index is 245. The fourth-order valence-corrected chi connectivity index (χ4v) is 161. The molecule has 0 aromatic carbocycles. The largest absolute Gasteiger partial charge is 0.195 e. The van der Waals surface area contributed by atoms with Gasteiger partial charge in [0.25, 0.3) is 0 Å². The lowest BCUT2D eigenvalue weighted by molar-refractivity contribution is 1.03. The molecular weight excluding hydrogens is 827 g/mol. The summed E-state index contributed by atoms with van der Waals surface area (Å²) in [5.74, 6) is 0. The van der Waals surface area contributed by atoms with Gasteiger partial charge in [-0.15, -0.1) is 109 Å². The Hall–Kier alpha value is 4.30. The predicted molar refractivity (Wildman–Crippen MR) is 133 cm³/mol. The highest BCUT2D eigenvalue weighted by atomic mass is 127. The van der Waals surface area contributed by atoms with E-state index in [1.54, 1.807) is 0 Å². The highest BCUT2D eigenvalue weighted by molar-refractivity contribution is 14.3. The molecule has 0 fully saturated rings. The van der Waals surface area contributed by atoms with Crippen LogP contribution < -0.4 is 0 Å². The average molecular weight is 848 g/mol. The minimum absolute atomic E-state index is 0.893. The second-order valence-electron chi connectivity index (χ2n) is 5.42. The van der Waals surface area contributed by atoms with Crippen LogP contribution in [0.2, 0.25) is 16.6 Å². The molecule has 0 bridgehead atoms. The third-order valence-electron chi connectivity index (χ3n) is 3.22. The molecule has 17 heavy (non-hydrogen) atoms. The molecule has 104 valence electrons. The van der Waals surface area contributed by atoms with Crippen molar-refractivity contribution in [3.8, 4) is 0 Å². The van der Waals surface area contributed by atoms with Crippen LogP contribution >= 0.6 is 109 Å². The SMILES string of the molecule is CC(C)[Si](I)(I)[Si](I)(C(C)C)[Si](I)(I)C(C)C. The van der Waals surface area contributed by atoms with E-state index in [0.717, 1.165) is 16.6 Å². The zero-order valence-corrected chi connectivity index (χ0v) is 24.9. The molecule has 0 saturated carbocycles. The summed E-state index contributed by atoms with van der Waals surface area (Å²) < 4.78 is -3.58. The Labute approximate surface area is 173 Å². The van der Waals surface area contributed by atoms with Crippen LogP contribution in [0.1, 0.15) is 41.5 Å². The van der Waals surface area contributed by atoms with E-state index in [0.29, 0.717) is 0 Å². The zero-order chi connectivity index (χ0) is 14.2. The van der Waals surface area contributed by atoms with Crippen LogP contribution in [0.25, 0.3) is 0 Å². The smallest absolute Gasteiger partial charge is 0.121 e. The van der Waals surface area contributed by atoms with Gasteiger partial charge in [-0.3, -0.25) is 0 Å². The summed E-state index contributed by atoms with van der Waals surface area (Å²) in [5, 5.41) is 0. The lowest BCUT2D eigenvalue weighted by Crippen LogP contribution is -2.68. The van der Waals surface area contributed by atoms with Gasteiger partial charge < -0.3 is 0 Å². The molecule has 0 aromatic rings. The van der Waals surface area contributed by atoms with Crippen LogP contribution in [0.5, 0.6) is 0 Å². The molecule has 0 unspecified atom stereocenters. The predicted octanol–water partition coefficient (Wildman–Crippen LogP) is 7.38. The van der Waals surface area contributed by atoms with Crippen molar-refractivity contribution >= 4 is 119 Å². The molecule has 0 saturated heterocycles. The normalized spacial score (nSPS) is 15.2. The molecule has 0 spiro atoms. The lowest BCUT2D eigenvalue weighted by Gasteiger charge is -2.49. The Morgan fingerprint density at radius 2 is 0.765 bits per heavy atom. The van der Waals surface area contributed by atoms with Gasteiger partial charge in [-0.05, 0) is 16.6 Å². The van der Waals surface area contributed by atoms with Gasteiger partial charge in [0.1, 0.15) is 0 Å². The maximum atomic E-state index is 3.01. The van der Waals surface area contributed by atoms with E-state index in [-0.39, 0.29) is 0 Å². The van der Waals surface area contributed by atoms with Gasteiger partial charge in [-0.25, -0.2) is 0 Å². The van der Waals surface area contributed by atoms with E-state index in [1.165, 1.54) is 0 Å². The Morgan fingerprint density at radius 3 is 0.882 bits per heavy atom. The van der Waals surface area contributed by atoms with Crippen molar-refractivity contribution in [1.82, 2.24) is 0 Å². The van der Waals surface area contributed by atoms with Crippen LogP contribution in [-0.2, 0) is 0 Å². The first-order valence-corrected chi connectivity index (χ1v) is 29.6. The highest BCUT2D eigenvalue weighted by Crippen LogP contribution is 2.60. The van der Waals surface area contributed by atoms with Gasteiger partial charge in [-0.2, -0.15) is 0 Å². The van der Waals surface area contributed by atoms with E-state index in [4.69, 9.17) is 0 Å². The summed E-state index contributed by atoms with van der Waals surface area (Å²) in [7, 11) is 0. The van der Waals surface area contributed by atoms with E-state index in [9.17, 15) is 0 Å². The second kappa shape index (κ2) is 7.72. The van der Waals surface area contributed by atoms with E-state index < -0.39 is 9.77 Å². The van der Waals surface area contributed by atoms with Gasteiger partial charge >= 0.3 is 0 Å². The minimum atomic E-state index is -1.21. The summed E-state index contributed by atoms with van der Waals surface area (Å²) >= 11 is 14.7. The molecule has 0 radical (unpaired) electrons. The van der Waals surface area contributed by atoms with Crippen molar-refractivity contribution in [2.24, 2.45) is 0 Å². The number of hydrogen-bond acceptors (Lipinski definition) is 0. The fraction of sp³-hybridized carbons (Fsp3) is 1.00. The first-order valence-electron chi connectivity index (χ1n) is 5.78. The molecule has 0 N–H and O–H groups in total.